The van der Waals surface area contributed by atoms with Crippen LogP contribution in [-0.2, 0) is 4.74 Å². The van der Waals surface area contributed by atoms with E-state index in [9.17, 15) is 22.0 Å². The van der Waals surface area contributed by atoms with Gasteiger partial charge in [-0.1, -0.05) is 12.1 Å². The van der Waals surface area contributed by atoms with Crippen LogP contribution in [0.15, 0.2) is 24.3 Å². The number of methoxy groups -OCH3 is 1. The van der Waals surface area contributed by atoms with Crippen molar-refractivity contribution in [2.45, 2.75) is 51.0 Å². The Labute approximate surface area is 126 Å². The number of alkyl halides is 5. The second kappa shape index (κ2) is 6.40. The lowest BCUT2D eigenvalue weighted by Crippen LogP contribution is -2.38. The van der Waals surface area contributed by atoms with E-state index in [1.54, 1.807) is 26.8 Å². The van der Waals surface area contributed by atoms with Crippen LogP contribution < -0.4 is 4.74 Å². The Kier molecular flexibility index (Phi) is 5.43. The monoisotopic (exact) mass is 326 g/mol. The van der Waals surface area contributed by atoms with E-state index in [1.165, 1.54) is 18.2 Å². The summed E-state index contributed by atoms with van der Waals surface area (Å²) in [5.41, 5.74) is -0.315. The highest BCUT2D eigenvalue weighted by Gasteiger charge is 2.58. The smallest absolute Gasteiger partial charge is 0.453 e. The molecule has 0 bridgehead atoms. The van der Waals surface area contributed by atoms with Crippen LogP contribution >= 0.6 is 0 Å². The van der Waals surface area contributed by atoms with Crippen molar-refractivity contribution in [3.63, 3.8) is 0 Å². The molecule has 0 aliphatic carbocycles. The third-order valence-corrected chi connectivity index (χ3v) is 2.79. The van der Waals surface area contributed by atoms with Gasteiger partial charge in [0.2, 0.25) is 0 Å². The Morgan fingerprint density at radius 2 is 1.64 bits per heavy atom. The van der Waals surface area contributed by atoms with Gasteiger partial charge in [0.05, 0.1) is 12.5 Å². The van der Waals surface area contributed by atoms with Crippen molar-refractivity contribution in [1.29, 1.82) is 0 Å². The fraction of sp³-hybridized carbons (Fsp3) is 0.600. The summed E-state index contributed by atoms with van der Waals surface area (Å²) >= 11 is 0. The fourth-order valence-electron chi connectivity index (χ4n) is 1.82. The molecule has 126 valence electrons. The molecule has 1 aromatic carbocycles. The standard InChI is InChI=1S/C15H19F5O2/c1-13(2,3)22-11-7-5-6-10(8-11)12(21-4)9-14(16,17)15(18,19)20/h5-8,12H,9H2,1-4H3. The molecular weight excluding hydrogens is 307 g/mol. The molecule has 0 spiro atoms. The zero-order valence-electron chi connectivity index (χ0n) is 12.8. The van der Waals surface area contributed by atoms with E-state index in [-0.39, 0.29) is 5.56 Å². The van der Waals surface area contributed by atoms with Gasteiger partial charge < -0.3 is 9.47 Å². The van der Waals surface area contributed by atoms with Gasteiger partial charge in [0.15, 0.2) is 0 Å². The molecule has 7 heteroatoms. The van der Waals surface area contributed by atoms with Crippen LogP contribution in [-0.4, -0.2) is 24.8 Å². The first kappa shape index (κ1) is 18.7. The molecule has 0 heterocycles. The maximum absolute atomic E-state index is 13.2. The molecule has 0 aliphatic rings. The highest BCUT2D eigenvalue weighted by Crippen LogP contribution is 2.42. The van der Waals surface area contributed by atoms with E-state index >= 15 is 0 Å². The van der Waals surface area contributed by atoms with Gasteiger partial charge in [-0.2, -0.15) is 22.0 Å². The van der Waals surface area contributed by atoms with Crippen LogP contribution in [0.25, 0.3) is 0 Å². The third kappa shape index (κ3) is 5.12. The quantitative estimate of drug-likeness (QED) is 0.698. The van der Waals surface area contributed by atoms with Crippen LogP contribution in [0.1, 0.15) is 38.9 Å². The van der Waals surface area contributed by atoms with Crippen molar-refractivity contribution < 1.29 is 31.4 Å². The van der Waals surface area contributed by atoms with Crippen molar-refractivity contribution in [3.05, 3.63) is 29.8 Å². The van der Waals surface area contributed by atoms with Crippen LogP contribution in [0.2, 0.25) is 0 Å². The Bertz CT molecular complexity index is 491. The minimum absolute atomic E-state index is 0.202. The van der Waals surface area contributed by atoms with Gasteiger partial charge in [0.1, 0.15) is 11.4 Å². The first-order chi connectivity index (χ1) is 9.86. The zero-order chi connectivity index (χ0) is 17.2. The summed E-state index contributed by atoms with van der Waals surface area (Å²) in [6.45, 7) is 5.39. The molecule has 0 N–H and O–H groups in total. The molecule has 1 aromatic rings. The summed E-state index contributed by atoms with van der Waals surface area (Å²) in [7, 11) is 1.09. The molecule has 0 radical (unpaired) electrons. The minimum Gasteiger partial charge on any atom is -0.488 e. The van der Waals surface area contributed by atoms with E-state index in [4.69, 9.17) is 9.47 Å². The van der Waals surface area contributed by atoms with E-state index in [0.717, 1.165) is 7.11 Å². The molecule has 0 saturated carbocycles. The normalized spacial score (nSPS) is 14.8. The molecule has 0 aliphatic heterocycles. The zero-order valence-corrected chi connectivity index (χ0v) is 12.8. The van der Waals surface area contributed by atoms with Gasteiger partial charge in [-0.25, -0.2) is 0 Å². The molecule has 0 saturated heterocycles. The summed E-state index contributed by atoms with van der Waals surface area (Å²) in [4.78, 5) is 0. The SMILES string of the molecule is COC(CC(F)(F)C(F)(F)F)c1cccc(OC(C)(C)C)c1. The third-order valence-electron chi connectivity index (χ3n) is 2.79. The maximum Gasteiger partial charge on any atom is 0.453 e. The molecule has 1 unspecified atom stereocenters. The number of hydrogen-bond donors (Lipinski definition) is 0. The second-order valence-corrected chi connectivity index (χ2v) is 5.92. The van der Waals surface area contributed by atoms with Gasteiger partial charge >= 0.3 is 12.1 Å². The molecule has 0 aromatic heterocycles. The van der Waals surface area contributed by atoms with Crippen molar-refractivity contribution in [2.75, 3.05) is 7.11 Å². The minimum atomic E-state index is -5.61. The molecule has 0 fully saturated rings. The molecule has 1 rings (SSSR count). The number of rotatable bonds is 5. The summed E-state index contributed by atoms with van der Waals surface area (Å²) in [6, 6.07) is 5.96. The number of ether oxygens (including phenoxy) is 2. The van der Waals surface area contributed by atoms with Crippen molar-refractivity contribution in [2.24, 2.45) is 0 Å². The highest BCUT2D eigenvalue weighted by atomic mass is 19.4. The first-order valence-electron chi connectivity index (χ1n) is 6.62. The predicted octanol–water partition coefficient (Wildman–Crippen LogP) is 5.14. The average molecular weight is 326 g/mol. The van der Waals surface area contributed by atoms with Crippen LogP contribution in [0.4, 0.5) is 22.0 Å². The summed E-state index contributed by atoms with van der Waals surface area (Å²) in [6.07, 6.45) is -8.48. The first-order valence-corrected chi connectivity index (χ1v) is 6.62. The second-order valence-electron chi connectivity index (χ2n) is 5.92. The largest absolute Gasteiger partial charge is 0.488 e. The average Bonchev–Trinajstić information content (AvgIpc) is 2.32. The van der Waals surface area contributed by atoms with Crippen molar-refractivity contribution >= 4 is 0 Å². The Balaban J connectivity index is 2.99. The highest BCUT2D eigenvalue weighted by molar-refractivity contribution is 5.30. The molecule has 22 heavy (non-hydrogen) atoms. The van der Waals surface area contributed by atoms with Gasteiger partial charge in [0, 0.05) is 7.11 Å². The molecule has 0 amide bonds. The van der Waals surface area contributed by atoms with E-state index in [0.29, 0.717) is 5.75 Å². The summed E-state index contributed by atoms with van der Waals surface area (Å²) < 4.78 is 73.7. The Hall–Kier alpha value is -1.37. The Morgan fingerprint density at radius 1 is 1.05 bits per heavy atom. The number of hydrogen-bond acceptors (Lipinski definition) is 2. The lowest BCUT2D eigenvalue weighted by molar-refractivity contribution is -0.291. The topological polar surface area (TPSA) is 18.5 Å². The van der Waals surface area contributed by atoms with Crippen LogP contribution in [0.3, 0.4) is 0 Å². The predicted molar refractivity (Wildman–Crippen MR) is 72.2 cm³/mol. The van der Waals surface area contributed by atoms with Crippen molar-refractivity contribution in [3.8, 4) is 5.75 Å². The van der Waals surface area contributed by atoms with Gasteiger partial charge in [-0.3, -0.25) is 0 Å². The van der Waals surface area contributed by atoms with E-state index in [2.05, 4.69) is 0 Å². The number of halogens is 5. The lowest BCUT2D eigenvalue weighted by Gasteiger charge is -2.26. The number of benzene rings is 1. The van der Waals surface area contributed by atoms with E-state index < -0.39 is 30.2 Å². The molecular formula is C15H19F5O2. The van der Waals surface area contributed by atoms with Gasteiger partial charge in [-0.05, 0) is 38.5 Å². The van der Waals surface area contributed by atoms with Crippen molar-refractivity contribution in [1.82, 2.24) is 0 Å². The van der Waals surface area contributed by atoms with Gasteiger partial charge in [-0.15, -0.1) is 0 Å². The van der Waals surface area contributed by atoms with Gasteiger partial charge in [0.25, 0.3) is 0 Å². The molecule has 2 nitrogen and oxygen atoms in total. The lowest BCUT2D eigenvalue weighted by atomic mass is 10.0. The molecule has 1 atom stereocenters. The van der Waals surface area contributed by atoms with Crippen LogP contribution in [0, 0.1) is 0 Å². The fourth-order valence-corrected chi connectivity index (χ4v) is 1.82. The summed E-state index contributed by atoms with van der Waals surface area (Å²) in [5.74, 6) is -4.45. The Morgan fingerprint density at radius 3 is 2.09 bits per heavy atom. The van der Waals surface area contributed by atoms with E-state index in [1.807, 2.05) is 0 Å². The maximum atomic E-state index is 13.2. The van der Waals surface area contributed by atoms with Crippen LogP contribution in [0.5, 0.6) is 5.75 Å². The summed E-state index contributed by atoms with van der Waals surface area (Å²) in [5, 5.41) is 0.